The molecule has 1 saturated heterocycles. The van der Waals surface area contributed by atoms with Crippen LogP contribution in [0.2, 0.25) is 0 Å². The molecular weight excluding hydrogens is 586 g/mol. The highest BCUT2D eigenvalue weighted by Gasteiger charge is 2.52. The summed E-state index contributed by atoms with van der Waals surface area (Å²) in [6.07, 6.45) is 6.47. The molecule has 1 aliphatic heterocycles. The highest BCUT2D eigenvalue weighted by Crippen LogP contribution is 2.39. The summed E-state index contributed by atoms with van der Waals surface area (Å²) in [6, 6.07) is 2.26. The van der Waals surface area contributed by atoms with E-state index in [9.17, 15) is 29.7 Å². The van der Waals surface area contributed by atoms with Crippen molar-refractivity contribution in [1.29, 1.82) is 0 Å². The first-order chi connectivity index (χ1) is 21.4. The number of aryl methyl sites for hydroxylation is 1. The van der Waals surface area contributed by atoms with E-state index >= 15 is 0 Å². The molecule has 45 heavy (non-hydrogen) atoms. The third-order valence-electron chi connectivity index (χ3n) is 8.32. The standard InChI is InChI=1S/C32H49N3O10/c1-5-6-7-8-9-10-11-12-13-14-17-34-31(41)35-23-24(37)20-15-16-22(19(2)26(20)43-28(23)39)42-29-25(38)27(44-30(33)40)21(18-36)32(3,4)45-29/h15-16,21,25,27,29,36-38H,5-14,17-18H2,1-4H3,(H2,33,40)(H2,34,35,41)/t21-,25-,27-,29-/m1/s1. The number of benzene rings is 1. The first kappa shape index (κ1) is 35.9. The van der Waals surface area contributed by atoms with Gasteiger partial charge in [-0.25, -0.2) is 14.4 Å². The van der Waals surface area contributed by atoms with Crippen molar-refractivity contribution in [1.82, 2.24) is 5.32 Å². The lowest BCUT2D eigenvalue weighted by Gasteiger charge is -2.47. The maximum atomic E-state index is 12.8. The summed E-state index contributed by atoms with van der Waals surface area (Å²) in [6.45, 7) is 7.03. The molecule has 0 unspecified atom stereocenters. The molecule has 7 N–H and O–H groups in total. The highest BCUT2D eigenvalue weighted by molar-refractivity contribution is 5.97. The number of carbonyl (C=O) groups is 2. The number of ether oxygens (including phenoxy) is 3. The number of unbranched alkanes of at least 4 members (excludes halogenated alkanes) is 9. The molecule has 13 heteroatoms. The van der Waals surface area contributed by atoms with Gasteiger partial charge >= 0.3 is 17.7 Å². The Labute approximate surface area is 263 Å². The number of rotatable bonds is 16. The highest BCUT2D eigenvalue weighted by atomic mass is 16.7. The molecule has 3 amide bonds. The van der Waals surface area contributed by atoms with Crippen LogP contribution in [-0.4, -0.2) is 64.7 Å². The van der Waals surface area contributed by atoms with Crippen LogP contribution in [0.1, 0.15) is 90.5 Å². The molecule has 1 aromatic carbocycles. The molecule has 3 rings (SSSR count). The second-order valence-corrected chi connectivity index (χ2v) is 12.1. The zero-order valence-corrected chi connectivity index (χ0v) is 26.7. The molecule has 2 heterocycles. The van der Waals surface area contributed by atoms with Gasteiger partial charge in [0.25, 0.3) is 0 Å². The number of aromatic hydroxyl groups is 1. The molecule has 252 valence electrons. The van der Waals surface area contributed by atoms with Gasteiger partial charge in [0, 0.05) is 12.1 Å². The van der Waals surface area contributed by atoms with E-state index in [2.05, 4.69) is 17.6 Å². The maximum Gasteiger partial charge on any atom is 0.404 e. The predicted molar refractivity (Wildman–Crippen MR) is 168 cm³/mol. The topological polar surface area (TPSA) is 203 Å². The molecular formula is C32H49N3O10. The molecule has 0 saturated carbocycles. The number of aliphatic hydroxyl groups excluding tert-OH is 2. The number of hydrogen-bond acceptors (Lipinski definition) is 10. The Morgan fingerprint density at radius 1 is 1.04 bits per heavy atom. The van der Waals surface area contributed by atoms with Crippen LogP contribution in [0.4, 0.5) is 15.3 Å². The lowest BCUT2D eigenvalue weighted by Crippen LogP contribution is -2.62. The summed E-state index contributed by atoms with van der Waals surface area (Å²) < 4.78 is 22.4. The summed E-state index contributed by atoms with van der Waals surface area (Å²) in [7, 11) is 0. The lowest BCUT2D eigenvalue weighted by molar-refractivity contribution is -0.290. The minimum Gasteiger partial charge on any atom is -0.505 e. The van der Waals surface area contributed by atoms with Crippen LogP contribution in [0.25, 0.3) is 11.0 Å². The molecule has 1 fully saturated rings. The number of nitrogens with one attached hydrogen (secondary N) is 2. The number of anilines is 1. The molecule has 1 aromatic heterocycles. The zero-order valence-electron chi connectivity index (χ0n) is 26.7. The Hall–Kier alpha value is -3.55. The number of urea groups is 1. The van der Waals surface area contributed by atoms with E-state index < -0.39 is 65.8 Å². The third-order valence-corrected chi connectivity index (χ3v) is 8.32. The van der Waals surface area contributed by atoms with Crippen molar-refractivity contribution < 1.29 is 43.5 Å². The van der Waals surface area contributed by atoms with Gasteiger partial charge in [0.1, 0.15) is 17.4 Å². The van der Waals surface area contributed by atoms with Crippen LogP contribution in [0.15, 0.2) is 21.3 Å². The van der Waals surface area contributed by atoms with Gasteiger partial charge in [-0.1, -0.05) is 64.7 Å². The number of nitrogens with two attached hydrogens (primary N) is 1. The maximum absolute atomic E-state index is 12.8. The molecule has 0 radical (unpaired) electrons. The lowest BCUT2D eigenvalue weighted by atomic mass is 9.81. The molecule has 1 aliphatic rings. The summed E-state index contributed by atoms with van der Waals surface area (Å²) in [5.74, 6) is -1.13. The molecule has 4 atom stereocenters. The molecule has 0 spiro atoms. The van der Waals surface area contributed by atoms with Crippen molar-refractivity contribution >= 4 is 28.8 Å². The van der Waals surface area contributed by atoms with Crippen molar-refractivity contribution in [2.45, 2.75) is 116 Å². The van der Waals surface area contributed by atoms with E-state index in [0.717, 1.165) is 19.3 Å². The van der Waals surface area contributed by atoms with Gasteiger partial charge in [0.15, 0.2) is 17.5 Å². The summed E-state index contributed by atoms with van der Waals surface area (Å²) in [5.41, 5.74) is 3.01. The minimum atomic E-state index is -1.52. The van der Waals surface area contributed by atoms with E-state index in [1.54, 1.807) is 20.8 Å². The third kappa shape index (κ3) is 9.47. The second-order valence-electron chi connectivity index (χ2n) is 12.1. The largest absolute Gasteiger partial charge is 0.505 e. The predicted octanol–water partition coefficient (Wildman–Crippen LogP) is 4.80. The van der Waals surface area contributed by atoms with Crippen molar-refractivity contribution in [3.05, 3.63) is 28.1 Å². The normalized spacial score (nSPS) is 20.9. The van der Waals surface area contributed by atoms with Gasteiger partial charge < -0.3 is 45.0 Å². The Balaban J connectivity index is 1.62. The fraction of sp³-hybridized carbons (Fsp3) is 0.656. The number of carbonyl (C=O) groups excluding carboxylic acids is 2. The van der Waals surface area contributed by atoms with Crippen LogP contribution in [-0.2, 0) is 9.47 Å². The number of primary amides is 1. The average Bonchev–Trinajstić information content (AvgIpc) is 2.97. The molecule has 2 aromatic rings. The van der Waals surface area contributed by atoms with Gasteiger partial charge in [-0.3, -0.25) is 5.32 Å². The zero-order chi connectivity index (χ0) is 33.1. The summed E-state index contributed by atoms with van der Waals surface area (Å²) in [5, 5.41) is 36.8. The van der Waals surface area contributed by atoms with Gasteiger partial charge in [-0.2, -0.15) is 0 Å². The smallest absolute Gasteiger partial charge is 0.404 e. The van der Waals surface area contributed by atoms with Crippen molar-refractivity contribution in [2.75, 3.05) is 18.5 Å². The molecule has 0 bridgehead atoms. The number of aliphatic hydroxyl groups is 2. The van der Waals surface area contributed by atoms with Crippen LogP contribution in [0.5, 0.6) is 11.5 Å². The van der Waals surface area contributed by atoms with Gasteiger partial charge in [-0.15, -0.1) is 0 Å². The summed E-state index contributed by atoms with van der Waals surface area (Å²) >= 11 is 0. The van der Waals surface area contributed by atoms with Crippen LogP contribution < -0.4 is 26.7 Å². The van der Waals surface area contributed by atoms with Crippen molar-refractivity contribution in [3.8, 4) is 11.5 Å². The quantitative estimate of drug-likeness (QED) is 0.110. The first-order valence-electron chi connectivity index (χ1n) is 15.8. The minimum absolute atomic E-state index is 0.00551. The summed E-state index contributed by atoms with van der Waals surface area (Å²) in [4.78, 5) is 36.7. The van der Waals surface area contributed by atoms with E-state index in [4.69, 9.17) is 24.4 Å². The monoisotopic (exact) mass is 635 g/mol. The first-order valence-corrected chi connectivity index (χ1v) is 15.8. The van der Waals surface area contributed by atoms with E-state index in [0.29, 0.717) is 12.1 Å². The van der Waals surface area contributed by atoms with Crippen LogP contribution in [0, 0.1) is 12.8 Å². The SMILES string of the molecule is CCCCCCCCCCCCNC(=O)Nc1c(O)c2ccc(O[C@@H]3OC(C)(C)[C@H](CO)[C@@H](OC(N)=O)[C@H]3O)c(C)c2oc1=O. The van der Waals surface area contributed by atoms with Gasteiger partial charge in [0.2, 0.25) is 6.29 Å². The molecule has 0 aliphatic carbocycles. The van der Waals surface area contributed by atoms with E-state index in [1.807, 2.05) is 0 Å². The van der Waals surface area contributed by atoms with Gasteiger partial charge in [0.05, 0.1) is 23.5 Å². The van der Waals surface area contributed by atoms with Crippen LogP contribution in [0.3, 0.4) is 0 Å². The number of fused-ring (bicyclic) bond motifs is 1. The molecule has 13 nitrogen and oxygen atoms in total. The van der Waals surface area contributed by atoms with E-state index in [-0.39, 0.29) is 16.7 Å². The van der Waals surface area contributed by atoms with Crippen molar-refractivity contribution in [2.24, 2.45) is 11.7 Å². The Kier molecular flexibility index (Phi) is 13.3. The number of hydrogen-bond donors (Lipinski definition) is 6. The Morgan fingerprint density at radius 3 is 2.27 bits per heavy atom. The Bertz CT molecular complexity index is 1340. The van der Waals surface area contributed by atoms with Crippen molar-refractivity contribution in [3.63, 3.8) is 0 Å². The number of amides is 3. The van der Waals surface area contributed by atoms with E-state index in [1.165, 1.54) is 57.1 Å². The van der Waals surface area contributed by atoms with Gasteiger partial charge in [-0.05, 0) is 39.3 Å². The Morgan fingerprint density at radius 2 is 1.67 bits per heavy atom. The second kappa shape index (κ2) is 16.7. The fourth-order valence-corrected chi connectivity index (χ4v) is 5.65. The van der Waals surface area contributed by atoms with Crippen LogP contribution >= 0.6 is 0 Å². The fourth-order valence-electron chi connectivity index (χ4n) is 5.65. The average molecular weight is 636 g/mol.